The van der Waals surface area contributed by atoms with E-state index in [0.29, 0.717) is 25.1 Å². The number of carbonyl (C=O) groups excluding carboxylic acids is 1. The van der Waals surface area contributed by atoms with Crippen LogP contribution in [-0.2, 0) is 11.2 Å². The number of halogens is 1. The summed E-state index contributed by atoms with van der Waals surface area (Å²) in [6.07, 6.45) is 0.744. The molecule has 122 valence electrons. The van der Waals surface area contributed by atoms with Crippen LogP contribution in [-0.4, -0.2) is 18.6 Å². The molecule has 0 saturated heterocycles. The predicted octanol–water partition coefficient (Wildman–Crippen LogP) is 3.65. The lowest BCUT2D eigenvalue weighted by Gasteiger charge is -2.17. The molecule has 23 heavy (non-hydrogen) atoms. The number of rotatable bonds is 7. The largest absolute Gasteiger partial charge is 0.481 e. The average molecular weight is 315 g/mol. The Labute approximate surface area is 136 Å². The molecule has 1 atom stereocenters. The summed E-state index contributed by atoms with van der Waals surface area (Å²) >= 11 is 0. The van der Waals surface area contributed by atoms with E-state index in [1.54, 1.807) is 12.1 Å². The average Bonchev–Trinajstić information content (AvgIpc) is 2.54. The number of aryl methyl sites for hydroxylation is 1. The maximum atomic E-state index is 12.8. The summed E-state index contributed by atoms with van der Waals surface area (Å²) in [6.45, 7) is 4.40. The molecule has 0 spiro atoms. The van der Waals surface area contributed by atoms with Crippen molar-refractivity contribution in [1.82, 2.24) is 5.32 Å². The number of ether oxygens (including phenoxy) is 1. The molecular weight excluding hydrogens is 293 g/mol. The molecular formula is C19H22FNO2. The van der Waals surface area contributed by atoms with Gasteiger partial charge in [-0.2, -0.15) is 0 Å². The van der Waals surface area contributed by atoms with E-state index in [4.69, 9.17) is 4.74 Å². The van der Waals surface area contributed by atoms with Gasteiger partial charge in [-0.25, -0.2) is 4.39 Å². The van der Waals surface area contributed by atoms with Crippen molar-refractivity contribution < 1.29 is 13.9 Å². The van der Waals surface area contributed by atoms with Crippen molar-refractivity contribution in [1.29, 1.82) is 0 Å². The first-order chi connectivity index (χ1) is 11.1. The Balaban J connectivity index is 1.83. The normalized spacial score (nSPS) is 11.8. The predicted molar refractivity (Wildman–Crippen MR) is 89.0 cm³/mol. The van der Waals surface area contributed by atoms with Gasteiger partial charge in [-0.3, -0.25) is 4.79 Å². The highest BCUT2D eigenvalue weighted by Gasteiger charge is 2.17. The zero-order valence-corrected chi connectivity index (χ0v) is 13.5. The molecule has 2 aromatic carbocycles. The van der Waals surface area contributed by atoms with Crippen LogP contribution in [0, 0.1) is 12.7 Å². The van der Waals surface area contributed by atoms with Crippen LogP contribution >= 0.6 is 0 Å². The maximum Gasteiger partial charge on any atom is 0.261 e. The highest BCUT2D eigenvalue weighted by Crippen LogP contribution is 2.15. The highest BCUT2D eigenvalue weighted by atomic mass is 19.1. The van der Waals surface area contributed by atoms with Gasteiger partial charge in [0.25, 0.3) is 5.91 Å². The van der Waals surface area contributed by atoms with E-state index in [-0.39, 0.29) is 11.7 Å². The summed E-state index contributed by atoms with van der Waals surface area (Å²) in [5.74, 6) is 0.317. The van der Waals surface area contributed by atoms with Crippen LogP contribution in [0.2, 0.25) is 0 Å². The fourth-order valence-corrected chi connectivity index (χ4v) is 2.27. The molecule has 2 aromatic rings. The number of amides is 1. The van der Waals surface area contributed by atoms with E-state index in [2.05, 4.69) is 5.32 Å². The van der Waals surface area contributed by atoms with Crippen molar-refractivity contribution in [2.45, 2.75) is 32.8 Å². The Bertz CT molecular complexity index is 640. The fourth-order valence-electron chi connectivity index (χ4n) is 2.27. The number of hydrogen-bond donors (Lipinski definition) is 1. The summed E-state index contributed by atoms with van der Waals surface area (Å²) < 4.78 is 18.6. The van der Waals surface area contributed by atoms with Crippen LogP contribution in [0.25, 0.3) is 0 Å². The molecule has 1 N–H and O–H groups in total. The Hall–Kier alpha value is -2.36. The van der Waals surface area contributed by atoms with Crippen LogP contribution in [0.15, 0.2) is 48.5 Å². The van der Waals surface area contributed by atoms with Crippen molar-refractivity contribution in [3.63, 3.8) is 0 Å². The van der Waals surface area contributed by atoms with E-state index in [9.17, 15) is 9.18 Å². The van der Waals surface area contributed by atoms with Gasteiger partial charge in [0.1, 0.15) is 11.6 Å². The van der Waals surface area contributed by atoms with E-state index in [1.807, 2.05) is 38.1 Å². The molecule has 0 heterocycles. The van der Waals surface area contributed by atoms with Gasteiger partial charge in [-0.15, -0.1) is 0 Å². The molecule has 4 heteroatoms. The minimum atomic E-state index is -0.509. The Morgan fingerprint density at radius 3 is 2.61 bits per heavy atom. The second-order valence-electron chi connectivity index (χ2n) is 5.50. The van der Waals surface area contributed by atoms with E-state index in [1.165, 1.54) is 12.1 Å². The van der Waals surface area contributed by atoms with Crippen molar-refractivity contribution in [3.05, 3.63) is 65.5 Å². The Morgan fingerprint density at radius 2 is 1.96 bits per heavy atom. The zero-order chi connectivity index (χ0) is 16.7. The van der Waals surface area contributed by atoms with E-state index in [0.717, 1.165) is 11.1 Å². The van der Waals surface area contributed by atoms with Gasteiger partial charge in [0.2, 0.25) is 0 Å². The van der Waals surface area contributed by atoms with Gasteiger partial charge in [-0.05, 0) is 55.2 Å². The molecule has 0 fully saturated rings. The summed E-state index contributed by atoms with van der Waals surface area (Å²) in [7, 11) is 0. The smallest absolute Gasteiger partial charge is 0.261 e. The SMILES string of the molecule is CC[C@@H](Oc1cccc(C)c1)C(=O)NCCc1ccc(F)cc1. The molecule has 3 nitrogen and oxygen atoms in total. The minimum absolute atomic E-state index is 0.129. The van der Waals surface area contributed by atoms with E-state index < -0.39 is 6.10 Å². The molecule has 0 aliphatic heterocycles. The van der Waals surface area contributed by atoms with Crippen LogP contribution in [0.5, 0.6) is 5.75 Å². The quantitative estimate of drug-likeness (QED) is 0.847. The first kappa shape index (κ1) is 17.0. The third-order valence-electron chi connectivity index (χ3n) is 3.56. The minimum Gasteiger partial charge on any atom is -0.481 e. The van der Waals surface area contributed by atoms with Crippen molar-refractivity contribution in [2.75, 3.05) is 6.54 Å². The van der Waals surface area contributed by atoms with Crippen LogP contribution in [0.3, 0.4) is 0 Å². The molecule has 0 bridgehead atoms. The monoisotopic (exact) mass is 315 g/mol. The Morgan fingerprint density at radius 1 is 1.22 bits per heavy atom. The standard InChI is InChI=1S/C19H22FNO2/c1-3-18(23-17-6-4-5-14(2)13-17)19(22)21-12-11-15-7-9-16(20)10-8-15/h4-10,13,18H,3,11-12H2,1-2H3,(H,21,22)/t18-/m1/s1. The van der Waals surface area contributed by atoms with Gasteiger partial charge in [0, 0.05) is 6.54 Å². The Kier molecular flexibility index (Phi) is 6.15. The molecule has 0 radical (unpaired) electrons. The molecule has 0 unspecified atom stereocenters. The molecule has 0 aliphatic rings. The maximum absolute atomic E-state index is 12.8. The molecule has 0 saturated carbocycles. The second kappa shape index (κ2) is 8.32. The molecule has 1 amide bonds. The summed E-state index contributed by atoms with van der Waals surface area (Å²) in [4.78, 5) is 12.2. The molecule has 2 rings (SSSR count). The van der Waals surface area contributed by atoms with Gasteiger partial charge < -0.3 is 10.1 Å². The van der Waals surface area contributed by atoms with Crippen LogP contribution < -0.4 is 10.1 Å². The van der Waals surface area contributed by atoms with Crippen molar-refractivity contribution in [2.24, 2.45) is 0 Å². The lowest BCUT2D eigenvalue weighted by molar-refractivity contribution is -0.128. The van der Waals surface area contributed by atoms with Crippen molar-refractivity contribution >= 4 is 5.91 Å². The first-order valence-corrected chi connectivity index (χ1v) is 7.84. The number of hydrogen-bond acceptors (Lipinski definition) is 2. The van der Waals surface area contributed by atoms with Crippen molar-refractivity contribution in [3.8, 4) is 5.75 Å². The van der Waals surface area contributed by atoms with Gasteiger partial charge in [0.15, 0.2) is 6.10 Å². The second-order valence-corrected chi connectivity index (χ2v) is 5.50. The van der Waals surface area contributed by atoms with Gasteiger partial charge in [0.05, 0.1) is 0 Å². The van der Waals surface area contributed by atoms with Gasteiger partial charge >= 0.3 is 0 Å². The van der Waals surface area contributed by atoms with Crippen LogP contribution in [0.4, 0.5) is 4.39 Å². The summed E-state index contributed by atoms with van der Waals surface area (Å²) in [6, 6.07) is 13.9. The topological polar surface area (TPSA) is 38.3 Å². The molecule has 0 aromatic heterocycles. The highest BCUT2D eigenvalue weighted by molar-refractivity contribution is 5.81. The van der Waals surface area contributed by atoms with Crippen LogP contribution in [0.1, 0.15) is 24.5 Å². The lowest BCUT2D eigenvalue weighted by Crippen LogP contribution is -2.38. The zero-order valence-electron chi connectivity index (χ0n) is 13.5. The summed E-state index contributed by atoms with van der Waals surface area (Å²) in [5.41, 5.74) is 2.08. The molecule has 0 aliphatic carbocycles. The third-order valence-corrected chi connectivity index (χ3v) is 3.56. The number of benzene rings is 2. The number of carbonyl (C=O) groups is 1. The van der Waals surface area contributed by atoms with E-state index >= 15 is 0 Å². The summed E-state index contributed by atoms with van der Waals surface area (Å²) in [5, 5.41) is 2.87. The fraction of sp³-hybridized carbons (Fsp3) is 0.316. The lowest BCUT2D eigenvalue weighted by atomic mass is 10.1. The third kappa shape index (κ3) is 5.40. The number of nitrogens with one attached hydrogen (secondary N) is 1. The first-order valence-electron chi connectivity index (χ1n) is 7.84. The van der Waals surface area contributed by atoms with Gasteiger partial charge in [-0.1, -0.05) is 31.2 Å².